The van der Waals surface area contributed by atoms with Gasteiger partial charge in [0.15, 0.2) is 11.0 Å². The summed E-state index contributed by atoms with van der Waals surface area (Å²) in [6.07, 6.45) is 6.09. The van der Waals surface area contributed by atoms with Gasteiger partial charge in [0.25, 0.3) is 0 Å². The van der Waals surface area contributed by atoms with E-state index in [4.69, 9.17) is 44.1 Å². The molecule has 3 heterocycles. The van der Waals surface area contributed by atoms with Crippen LogP contribution in [0.1, 0.15) is 130 Å². The third-order valence-corrected chi connectivity index (χ3v) is 13.4. The van der Waals surface area contributed by atoms with Gasteiger partial charge in [-0.2, -0.15) is 0 Å². The van der Waals surface area contributed by atoms with E-state index >= 15 is 4.39 Å². The highest BCUT2D eigenvalue weighted by Gasteiger charge is 2.64. The molecular formula is C44H61Cl2FN6O6. The predicted octanol–water partition coefficient (Wildman–Crippen LogP) is 7.83. The molecule has 2 aliphatic carbocycles. The number of likely N-dealkylation sites (tertiary alicyclic amines) is 1. The number of piperazine rings is 1. The lowest BCUT2D eigenvalue weighted by atomic mass is 9.61. The summed E-state index contributed by atoms with van der Waals surface area (Å²) < 4.78 is 27.8. The number of rotatable bonds is 6. The number of hydrogen-bond acceptors (Lipinski definition) is 9. The number of nitrogens with two attached hydrogens (primary N) is 2. The average Bonchev–Trinajstić information content (AvgIpc) is 3.42. The summed E-state index contributed by atoms with van der Waals surface area (Å²) in [5.74, 6) is -3.98. The van der Waals surface area contributed by atoms with Gasteiger partial charge in [0.05, 0.1) is 12.6 Å². The fourth-order valence-corrected chi connectivity index (χ4v) is 10.6. The number of anilines is 1. The van der Waals surface area contributed by atoms with Gasteiger partial charge in [-0.05, 0) is 121 Å². The number of esters is 1. The Bertz CT molecular complexity index is 1940. The molecule has 1 aromatic heterocycles. The average molecular weight is 860 g/mol. The van der Waals surface area contributed by atoms with Crippen LogP contribution in [-0.4, -0.2) is 98.1 Å². The van der Waals surface area contributed by atoms with E-state index in [1.807, 2.05) is 6.07 Å². The molecule has 4 aliphatic rings. The number of benzene rings is 1. The highest BCUT2D eigenvalue weighted by molar-refractivity contribution is 6.31. The van der Waals surface area contributed by atoms with Gasteiger partial charge in [0.1, 0.15) is 17.2 Å². The summed E-state index contributed by atoms with van der Waals surface area (Å²) in [5.41, 5.74) is 12.4. The molecule has 4 N–H and O–H groups in total. The van der Waals surface area contributed by atoms with E-state index in [0.717, 1.165) is 18.4 Å². The maximum absolute atomic E-state index is 16.4. The highest BCUT2D eigenvalue weighted by atomic mass is 35.5. The molecule has 6 atom stereocenters. The summed E-state index contributed by atoms with van der Waals surface area (Å²) in [6, 6.07) is 4.54. The van der Waals surface area contributed by atoms with Gasteiger partial charge in [-0.25, -0.2) is 19.0 Å². The fourth-order valence-electron chi connectivity index (χ4n) is 10.3. The van der Waals surface area contributed by atoms with Crippen LogP contribution < -0.4 is 11.5 Å². The second kappa shape index (κ2) is 16.6. The molecule has 2 aromatic rings. The van der Waals surface area contributed by atoms with Gasteiger partial charge in [0, 0.05) is 59.3 Å². The molecule has 15 heteroatoms. The summed E-state index contributed by atoms with van der Waals surface area (Å²) in [6.45, 7) is 15.3. The maximum Gasteiger partial charge on any atom is 0.410 e. The van der Waals surface area contributed by atoms with Gasteiger partial charge in [-0.1, -0.05) is 49.5 Å². The number of carbonyl (C=O) groups excluding carboxylic acids is 4. The summed E-state index contributed by atoms with van der Waals surface area (Å²) in [5, 5.41) is 0.145. The first-order chi connectivity index (χ1) is 27.4. The van der Waals surface area contributed by atoms with Crippen LogP contribution in [0, 0.1) is 17.2 Å². The largest absolute Gasteiger partial charge is 0.458 e. The Morgan fingerprint density at radius 3 is 2.19 bits per heavy atom. The molecule has 1 spiro atoms. The molecule has 0 radical (unpaired) electrons. The minimum Gasteiger partial charge on any atom is -0.458 e. The Hall–Kier alpha value is -3.68. The number of nitrogen functional groups attached to an aromatic ring is 1. The van der Waals surface area contributed by atoms with Gasteiger partial charge >= 0.3 is 12.1 Å². The standard InChI is InChI=1S/C44H61Cl2FN6O6/c1-41(2,3)58-39(56)31-24-51(40(57)59-42(4,5)6)20-21-52(31)38(55)25-10-9-11-27(22-25)53-35(37(49)54)32(29-14-19-50-36(46)34(29)47)33(28-13-12-26(45)23-30(28)48)44(53)17-15-43(7,8)16-18-44/h12-14,19,23,25,27,31-33,35H,9-11,15-18,20-22,24,48H2,1-8H3,(H2,49,54)/t25-,27?,31-,32+,33+,35+/m0/s1. The van der Waals surface area contributed by atoms with E-state index in [1.165, 1.54) is 11.1 Å². The number of primary amides is 1. The van der Waals surface area contributed by atoms with Crippen molar-refractivity contribution in [3.63, 3.8) is 0 Å². The topological polar surface area (TPSA) is 161 Å². The predicted molar refractivity (Wildman–Crippen MR) is 225 cm³/mol. The van der Waals surface area contributed by atoms with Gasteiger partial charge in [-0.15, -0.1) is 0 Å². The molecule has 6 rings (SSSR count). The van der Waals surface area contributed by atoms with Crippen molar-refractivity contribution in [2.75, 3.05) is 25.4 Å². The van der Waals surface area contributed by atoms with Gasteiger partial charge in [0.2, 0.25) is 11.8 Å². The van der Waals surface area contributed by atoms with Crippen molar-refractivity contribution in [1.29, 1.82) is 0 Å². The van der Waals surface area contributed by atoms with E-state index in [2.05, 4.69) is 23.7 Å². The third-order valence-electron chi connectivity index (χ3n) is 12.9. The van der Waals surface area contributed by atoms with Crippen LogP contribution in [0.3, 0.4) is 0 Å². The van der Waals surface area contributed by atoms with Crippen LogP contribution in [0.25, 0.3) is 0 Å². The molecule has 0 bridgehead atoms. The zero-order valence-corrected chi connectivity index (χ0v) is 37.2. The zero-order chi connectivity index (χ0) is 43.4. The van der Waals surface area contributed by atoms with Crippen molar-refractivity contribution in [2.24, 2.45) is 17.1 Å². The number of pyridine rings is 1. The number of carbonyl (C=O) groups is 4. The van der Waals surface area contributed by atoms with Crippen molar-refractivity contribution in [1.82, 2.24) is 19.7 Å². The molecular weight excluding hydrogens is 798 g/mol. The Morgan fingerprint density at radius 2 is 1.58 bits per heavy atom. The quantitative estimate of drug-likeness (QED) is 0.168. The summed E-state index contributed by atoms with van der Waals surface area (Å²) in [7, 11) is 0. The minimum absolute atomic E-state index is 0.00172. The number of halogens is 3. The smallest absolute Gasteiger partial charge is 0.410 e. The molecule has 324 valence electrons. The van der Waals surface area contributed by atoms with E-state index < -0.39 is 70.4 Å². The highest BCUT2D eigenvalue weighted by Crippen LogP contribution is 2.63. The van der Waals surface area contributed by atoms with Crippen LogP contribution in [0.5, 0.6) is 0 Å². The molecule has 1 aromatic carbocycles. The van der Waals surface area contributed by atoms with Gasteiger partial charge < -0.3 is 30.7 Å². The lowest BCUT2D eigenvalue weighted by molar-refractivity contribution is -0.169. The fraction of sp³-hybridized carbons (Fsp3) is 0.659. The van der Waals surface area contributed by atoms with Crippen LogP contribution in [0.15, 0.2) is 30.5 Å². The summed E-state index contributed by atoms with van der Waals surface area (Å²) >= 11 is 12.8. The maximum atomic E-state index is 16.4. The number of hydrogen-bond donors (Lipinski definition) is 2. The number of nitrogens with zero attached hydrogens (tertiary/aromatic N) is 4. The van der Waals surface area contributed by atoms with E-state index in [0.29, 0.717) is 49.2 Å². The Balaban J connectivity index is 1.41. The van der Waals surface area contributed by atoms with E-state index in [1.54, 1.807) is 64.6 Å². The first-order valence-electron chi connectivity index (χ1n) is 20.9. The van der Waals surface area contributed by atoms with Crippen LogP contribution in [0.2, 0.25) is 10.2 Å². The van der Waals surface area contributed by atoms with Gasteiger partial charge in [-0.3, -0.25) is 14.5 Å². The van der Waals surface area contributed by atoms with Crippen molar-refractivity contribution in [3.05, 3.63) is 57.6 Å². The molecule has 1 unspecified atom stereocenters. The zero-order valence-electron chi connectivity index (χ0n) is 35.7. The Labute approximate surface area is 357 Å². The molecule has 59 heavy (non-hydrogen) atoms. The van der Waals surface area contributed by atoms with Crippen molar-refractivity contribution in [3.8, 4) is 0 Å². The molecule has 2 saturated heterocycles. The second-order valence-corrected chi connectivity index (χ2v) is 20.6. The van der Waals surface area contributed by atoms with Crippen LogP contribution in [-0.2, 0) is 23.9 Å². The summed E-state index contributed by atoms with van der Waals surface area (Å²) in [4.78, 5) is 65.3. The lowest BCUT2D eigenvalue weighted by Gasteiger charge is -2.54. The lowest BCUT2D eigenvalue weighted by Crippen LogP contribution is -2.63. The Morgan fingerprint density at radius 1 is 0.915 bits per heavy atom. The Kier molecular flexibility index (Phi) is 12.7. The number of aromatic nitrogens is 1. The molecule has 12 nitrogen and oxygen atoms in total. The normalized spacial score (nSPS) is 27.4. The monoisotopic (exact) mass is 858 g/mol. The molecule has 2 aliphatic heterocycles. The first-order valence-corrected chi connectivity index (χ1v) is 21.6. The van der Waals surface area contributed by atoms with Crippen molar-refractivity contribution < 1.29 is 33.0 Å². The molecule has 2 saturated carbocycles. The third kappa shape index (κ3) is 9.32. The van der Waals surface area contributed by atoms with Crippen LogP contribution in [0.4, 0.5) is 14.9 Å². The number of ether oxygens (including phenoxy) is 2. The number of amides is 3. The van der Waals surface area contributed by atoms with Crippen LogP contribution >= 0.6 is 23.2 Å². The molecule has 4 fully saturated rings. The van der Waals surface area contributed by atoms with Crippen molar-refractivity contribution >= 4 is 52.8 Å². The van der Waals surface area contributed by atoms with Crippen molar-refractivity contribution in [2.45, 2.75) is 153 Å². The second-order valence-electron chi connectivity index (χ2n) is 19.8. The van der Waals surface area contributed by atoms with E-state index in [-0.39, 0.29) is 47.7 Å². The SMILES string of the molecule is CC1(C)CCC2(CC1)[C@H](c1ccc(Cl)cc1N)[C@@H](c1ccnc(Cl)c1F)[C@H](C(N)=O)N2C1CCC[C@H](C(=O)N2CCN(C(=O)OC(C)(C)C)C[C@H]2C(=O)OC(C)(C)C)C1. The minimum atomic E-state index is -1.05. The van der Waals surface area contributed by atoms with E-state index in [9.17, 15) is 19.2 Å². The first kappa shape index (κ1) is 44.9. The molecule has 3 amide bonds.